The summed E-state index contributed by atoms with van der Waals surface area (Å²) in [6, 6.07) is 56.8. The van der Waals surface area contributed by atoms with Crippen molar-refractivity contribution >= 4 is 32.7 Å². The van der Waals surface area contributed by atoms with Crippen LogP contribution in [0.5, 0.6) is 0 Å². The molecule has 9 rings (SSSR count). The first-order valence-corrected chi connectivity index (χ1v) is 16.1. The number of nitrogens with zero attached hydrogens (tertiary/aromatic N) is 4. The molecule has 224 valence electrons. The molecule has 48 heavy (non-hydrogen) atoms. The van der Waals surface area contributed by atoms with Gasteiger partial charge in [0.05, 0.1) is 27.9 Å². The van der Waals surface area contributed by atoms with E-state index in [0.29, 0.717) is 5.82 Å². The van der Waals surface area contributed by atoms with Gasteiger partial charge in [0.2, 0.25) is 0 Å². The fraction of sp³-hybridized carbons (Fsp3) is 0. The number of para-hydroxylation sites is 1. The topological polar surface area (TPSA) is 51.6 Å². The summed E-state index contributed by atoms with van der Waals surface area (Å²) in [7, 11) is 0. The Morgan fingerprint density at radius 3 is 1.65 bits per heavy atom. The first-order valence-electron chi connectivity index (χ1n) is 16.1. The second kappa shape index (κ2) is 11.7. The molecule has 0 fully saturated rings. The number of benzene rings is 6. The first kappa shape index (κ1) is 27.8. The van der Waals surface area contributed by atoms with Gasteiger partial charge < -0.3 is 0 Å². The highest BCUT2D eigenvalue weighted by molar-refractivity contribution is 6.15. The monoisotopic (exact) mass is 612 g/mol. The van der Waals surface area contributed by atoms with Crippen LogP contribution in [-0.2, 0) is 0 Å². The number of fused-ring (bicyclic) bond motifs is 4. The maximum absolute atomic E-state index is 5.06. The van der Waals surface area contributed by atoms with E-state index in [2.05, 4.69) is 115 Å². The van der Waals surface area contributed by atoms with Crippen LogP contribution in [0, 0.1) is 0 Å². The molecule has 4 heteroatoms. The van der Waals surface area contributed by atoms with Crippen molar-refractivity contribution in [1.82, 2.24) is 19.9 Å². The van der Waals surface area contributed by atoms with Crippen LogP contribution in [0.1, 0.15) is 0 Å². The smallest absolute Gasteiger partial charge is 0.160 e. The number of hydrogen-bond donors (Lipinski definition) is 0. The van der Waals surface area contributed by atoms with Crippen LogP contribution in [0.2, 0.25) is 0 Å². The van der Waals surface area contributed by atoms with E-state index < -0.39 is 0 Å². The molecule has 4 nitrogen and oxygen atoms in total. The Morgan fingerprint density at radius 2 is 0.938 bits per heavy atom. The minimum atomic E-state index is 0.714. The van der Waals surface area contributed by atoms with Gasteiger partial charge in [-0.3, -0.25) is 4.98 Å². The Labute approximate surface area is 278 Å². The molecule has 0 N–H and O–H groups in total. The van der Waals surface area contributed by atoms with E-state index in [1.807, 2.05) is 54.7 Å². The van der Waals surface area contributed by atoms with Crippen LogP contribution in [0.25, 0.3) is 88.9 Å². The number of rotatable bonds is 5. The SMILES string of the molecule is c1ccc(-c2cc(-c3ccc(-c4ccc(-c5c6ccccc6nc6c5ccc5cccnc56)cc4)cc3)nc(-c3ccccc3)n2)cc1. The van der Waals surface area contributed by atoms with Crippen molar-refractivity contribution in [1.29, 1.82) is 0 Å². The van der Waals surface area contributed by atoms with Crippen LogP contribution in [0.3, 0.4) is 0 Å². The number of aromatic nitrogens is 4. The first-order chi connectivity index (χ1) is 23.8. The largest absolute Gasteiger partial charge is 0.254 e. The van der Waals surface area contributed by atoms with Gasteiger partial charge in [0.25, 0.3) is 0 Å². The summed E-state index contributed by atoms with van der Waals surface area (Å²) < 4.78 is 0. The van der Waals surface area contributed by atoms with E-state index in [4.69, 9.17) is 19.9 Å². The second-order valence-corrected chi connectivity index (χ2v) is 11.9. The van der Waals surface area contributed by atoms with Crippen molar-refractivity contribution in [2.24, 2.45) is 0 Å². The maximum atomic E-state index is 5.06. The third-order valence-corrected chi connectivity index (χ3v) is 8.94. The normalized spacial score (nSPS) is 11.3. The fourth-order valence-electron chi connectivity index (χ4n) is 6.53. The minimum absolute atomic E-state index is 0.714. The molecule has 0 unspecified atom stereocenters. The predicted molar refractivity (Wildman–Crippen MR) is 197 cm³/mol. The molecule has 3 heterocycles. The van der Waals surface area contributed by atoms with Crippen LogP contribution in [-0.4, -0.2) is 19.9 Å². The summed E-state index contributed by atoms with van der Waals surface area (Å²) in [6.45, 7) is 0. The van der Waals surface area contributed by atoms with Crippen molar-refractivity contribution in [3.63, 3.8) is 0 Å². The highest BCUT2D eigenvalue weighted by atomic mass is 14.9. The van der Waals surface area contributed by atoms with Gasteiger partial charge in [-0.25, -0.2) is 15.0 Å². The van der Waals surface area contributed by atoms with Crippen LogP contribution >= 0.6 is 0 Å². The van der Waals surface area contributed by atoms with Gasteiger partial charge in [0.1, 0.15) is 0 Å². The van der Waals surface area contributed by atoms with E-state index in [9.17, 15) is 0 Å². The summed E-state index contributed by atoms with van der Waals surface area (Å²) in [6.07, 6.45) is 1.84. The van der Waals surface area contributed by atoms with Gasteiger partial charge in [0, 0.05) is 44.6 Å². The predicted octanol–water partition coefficient (Wildman–Crippen LogP) is 11.1. The summed E-state index contributed by atoms with van der Waals surface area (Å²) in [5.74, 6) is 0.714. The van der Waals surface area contributed by atoms with Crippen LogP contribution in [0.15, 0.2) is 170 Å². The van der Waals surface area contributed by atoms with Gasteiger partial charge in [-0.15, -0.1) is 0 Å². The van der Waals surface area contributed by atoms with Crippen LogP contribution < -0.4 is 0 Å². The Morgan fingerprint density at radius 1 is 0.354 bits per heavy atom. The third kappa shape index (κ3) is 4.97. The van der Waals surface area contributed by atoms with E-state index in [1.54, 1.807) is 0 Å². The van der Waals surface area contributed by atoms with Gasteiger partial charge >= 0.3 is 0 Å². The van der Waals surface area contributed by atoms with Crippen molar-refractivity contribution in [3.05, 3.63) is 170 Å². The standard InChI is InChI=1S/C44H28N4/c1-3-10-31(11-4-1)39-28-40(48-44(47-39)35-12-5-2-6-13-35)32-21-17-29(18-22-32)30-19-23-33(24-20-30)41-36-15-7-8-16-38(36)46-43-37(41)26-25-34-14-9-27-45-42(34)43/h1-28H. The third-order valence-electron chi connectivity index (χ3n) is 8.94. The lowest BCUT2D eigenvalue weighted by Gasteiger charge is -2.13. The zero-order valence-corrected chi connectivity index (χ0v) is 26.0. The minimum Gasteiger partial charge on any atom is -0.254 e. The molecule has 0 bridgehead atoms. The summed E-state index contributed by atoms with van der Waals surface area (Å²) in [5, 5.41) is 3.32. The lowest BCUT2D eigenvalue weighted by atomic mass is 9.93. The molecule has 0 spiro atoms. The molecular formula is C44H28N4. The molecule has 0 radical (unpaired) electrons. The molecule has 9 aromatic rings. The Bertz CT molecular complexity index is 2520. The summed E-state index contributed by atoms with van der Waals surface area (Å²) in [4.78, 5) is 19.7. The average molecular weight is 613 g/mol. The Hall–Kier alpha value is -6.52. The summed E-state index contributed by atoms with van der Waals surface area (Å²) in [5.41, 5.74) is 12.3. The van der Waals surface area contributed by atoms with Crippen molar-refractivity contribution in [2.75, 3.05) is 0 Å². The zero-order valence-electron chi connectivity index (χ0n) is 26.0. The number of hydrogen-bond acceptors (Lipinski definition) is 4. The quantitative estimate of drug-likeness (QED) is 0.143. The average Bonchev–Trinajstić information content (AvgIpc) is 3.17. The van der Waals surface area contributed by atoms with Gasteiger partial charge in [-0.1, -0.05) is 146 Å². The lowest BCUT2D eigenvalue weighted by Crippen LogP contribution is -1.95. The highest BCUT2D eigenvalue weighted by Crippen LogP contribution is 2.38. The molecule has 0 saturated carbocycles. The Kier molecular flexibility index (Phi) is 6.76. The van der Waals surface area contributed by atoms with Gasteiger partial charge in [0.15, 0.2) is 5.82 Å². The van der Waals surface area contributed by atoms with E-state index in [0.717, 1.165) is 77.5 Å². The molecule has 0 aliphatic carbocycles. The maximum Gasteiger partial charge on any atom is 0.160 e. The zero-order chi connectivity index (χ0) is 31.9. The van der Waals surface area contributed by atoms with Crippen molar-refractivity contribution in [3.8, 4) is 56.2 Å². The molecular weight excluding hydrogens is 585 g/mol. The molecule has 0 aliphatic heterocycles. The van der Waals surface area contributed by atoms with Crippen molar-refractivity contribution in [2.45, 2.75) is 0 Å². The van der Waals surface area contributed by atoms with Gasteiger partial charge in [-0.05, 0) is 34.9 Å². The van der Waals surface area contributed by atoms with E-state index >= 15 is 0 Å². The summed E-state index contributed by atoms with van der Waals surface area (Å²) >= 11 is 0. The molecule has 0 saturated heterocycles. The number of pyridine rings is 2. The van der Waals surface area contributed by atoms with Crippen LogP contribution in [0.4, 0.5) is 0 Å². The molecule has 0 amide bonds. The highest BCUT2D eigenvalue weighted by Gasteiger charge is 2.15. The molecule has 0 atom stereocenters. The molecule has 3 aromatic heterocycles. The second-order valence-electron chi connectivity index (χ2n) is 11.9. The van der Waals surface area contributed by atoms with E-state index in [-0.39, 0.29) is 0 Å². The fourth-order valence-corrected chi connectivity index (χ4v) is 6.53. The molecule has 0 aliphatic rings. The molecule has 6 aromatic carbocycles. The lowest BCUT2D eigenvalue weighted by molar-refractivity contribution is 1.18. The van der Waals surface area contributed by atoms with E-state index in [1.165, 1.54) is 5.56 Å². The van der Waals surface area contributed by atoms with Crippen molar-refractivity contribution < 1.29 is 0 Å². The Balaban J connectivity index is 1.09. The van der Waals surface area contributed by atoms with Gasteiger partial charge in [-0.2, -0.15) is 0 Å².